The first kappa shape index (κ1) is 15.8. The van der Waals surface area contributed by atoms with Gasteiger partial charge in [-0.25, -0.2) is 0 Å². The maximum atomic E-state index is 9.51. The Bertz CT molecular complexity index is 396. The fourth-order valence-electron chi connectivity index (χ4n) is 2.92. The second kappa shape index (κ2) is 7.99. The third-order valence-corrected chi connectivity index (χ3v) is 4.49. The van der Waals surface area contributed by atoms with Crippen molar-refractivity contribution in [2.24, 2.45) is 5.73 Å². The molecule has 3 N–H and O–H groups in total. The number of likely N-dealkylation sites (tertiary alicyclic amines) is 1. The smallest absolute Gasteiger partial charge is 0.0586 e. The van der Waals surface area contributed by atoms with Gasteiger partial charge in [0.25, 0.3) is 0 Å². The van der Waals surface area contributed by atoms with Crippen LogP contribution in [0.5, 0.6) is 0 Å². The number of rotatable bonds is 5. The van der Waals surface area contributed by atoms with Crippen molar-refractivity contribution in [1.82, 2.24) is 4.90 Å². The molecule has 1 aromatic rings. The molecule has 2 atom stereocenters. The van der Waals surface area contributed by atoms with Crippen LogP contribution in [0.4, 0.5) is 0 Å². The zero-order valence-electron chi connectivity index (χ0n) is 12.0. The standard InChI is InChI=1S/C16H25ClN2O/c17-14-7-5-13(6-8-14)16(18)9-11-19-10-3-1-2-4-15(19)12-20/h5-8,15-16,20H,1-4,9-12,18H2. The summed E-state index contributed by atoms with van der Waals surface area (Å²) in [5.41, 5.74) is 7.39. The van der Waals surface area contributed by atoms with Crippen LogP contribution in [-0.2, 0) is 0 Å². The van der Waals surface area contributed by atoms with Gasteiger partial charge in [-0.2, -0.15) is 0 Å². The van der Waals surface area contributed by atoms with Gasteiger partial charge in [0, 0.05) is 23.7 Å². The number of benzene rings is 1. The van der Waals surface area contributed by atoms with E-state index < -0.39 is 0 Å². The van der Waals surface area contributed by atoms with Crippen LogP contribution in [0, 0.1) is 0 Å². The van der Waals surface area contributed by atoms with Crippen molar-refractivity contribution >= 4 is 11.6 Å². The van der Waals surface area contributed by atoms with Crippen molar-refractivity contribution in [2.75, 3.05) is 19.7 Å². The zero-order valence-corrected chi connectivity index (χ0v) is 12.7. The predicted molar refractivity (Wildman–Crippen MR) is 83.9 cm³/mol. The van der Waals surface area contributed by atoms with Crippen LogP contribution in [0.25, 0.3) is 0 Å². The van der Waals surface area contributed by atoms with Crippen molar-refractivity contribution in [3.05, 3.63) is 34.9 Å². The minimum atomic E-state index is 0.0369. The van der Waals surface area contributed by atoms with E-state index >= 15 is 0 Å². The maximum Gasteiger partial charge on any atom is 0.0586 e. The number of hydrogen-bond acceptors (Lipinski definition) is 3. The Morgan fingerprint density at radius 3 is 2.70 bits per heavy atom. The lowest BCUT2D eigenvalue weighted by molar-refractivity contribution is 0.121. The Balaban J connectivity index is 1.87. The topological polar surface area (TPSA) is 49.5 Å². The van der Waals surface area contributed by atoms with Gasteiger partial charge in [-0.05, 0) is 43.5 Å². The second-order valence-corrected chi connectivity index (χ2v) is 6.10. The highest BCUT2D eigenvalue weighted by molar-refractivity contribution is 6.30. The Kier molecular flexibility index (Phi) is 6.30. The van der Waals surface area contributed by atoms with Crippen molar-refractivity contribution in [1.29, 1.82) is 0 Å². The first-order valence-electron chi connectivity index (χ1n) is 7.56. The number of halogens is 1. The highest BCUT2D eigenvalue weighted by Gasteiger charge is 2.20. The molecule has 1 saturated heterocycles. The molecule has 0 spiro atoms. The van der Waals surface area contributed by atoms with Gasteiger partial charge in [-0.1, -0.05) is 36.6 Å². The average molecular weight is 297 g/mol. The molecule has 20 heavy (non-hydrogen) atoms. The van der Waals surface area contributed by atoms with Gasteiger partial charge < -0.3 is 10.8 Å². The molecular weight excluding hydrogens is 272 g/mol. The fourth-order valence-corrected chi connectivity index (χ4v) is 3.05. The molecule has 2 unspecified atom stereocenters. The average Bonchev–Trinajstić information content (AvgIpc) is 2.70. The predicted octanol–water partition coefficient (Wildman–Crippen LogP) is 2.97. The van der Waals surface area contributed by atoms with Crippen LogP contribution in [-0.4, -0.2) is 35.7 Å². The van der Waals surface area contributed by atoms with E-state index in [1.165, 1.54) is 19.3 Å². The van der Waals surface area contributed by atoms with Crippen molar-refractivity contribution in [3.63, 3.8) is 0 Å². The highest BCUT2D eigenvalue weighted by atomic mass is 35.5. The quantitative estimate of drug-likeness (QED) is 0.878. The van der Waals surface area contributed by atoms with E-state index in [2.05, 4.69) is 4.90 Å². The van der Waals surface area contributed by atoms with Gasteiger partial charge in [-0.3, -0.25) is 4.90 Å². The number of hydrogen-bond donors (Lipinski definition) is 2. The molecule has 1 aromatic carbocycles. The summed E-state index contributed by atoms with van der Waals surface area (Å²) in [5, 5.41) is 10.3. The Morgan fingerprint density at radius 2 is 2.00 bits per heavy atom. The molecule has 4 heteroatoms. The third kappa shape index (κ3) is 4.45. The largest absolute Gasteiger partial charge is 0.395 e. The second-order valence-electron chi connectivity index (χ2n) is 5.67. The number of aliphatic hydroxyl groups is 1. The Hall–Kier alpha value is -0.610. The molecule has 3 nitrogen and oxygen atoms in total. The van der Waals surface area contributed by atoms with Crippen molar-refractivity contribution in [3.8, 4) is 0 Å². The number of aliphatic hydroxyl groups excluding tert-OH is 1. The van der Waals surface area contributed by atoms with Gasteiger partial charge in [0.15, 0.2) is 0 Å². The van der Waals surface area contributed by atoms with Gasteiger partial charge in [-0.15, -0.1) is 0 Å². The summed E-state index contributed by atoms with van der Waals surface area (Å²) < 4.78 is 0. The van der Waals surface area contributed by atoms with E-state index in [-0.39, 0.29) is 12.6 Å². The lowest BCUT2D eigenvalue weighted by Crippen LogP contribution is -2.39. The first-order chi connectivity index (χ1) is 9.70. The first-order valence-corrected chi connectivity index (χ1v) is 7.94. The molecular formula is C16H25ClN2O. The molecule has 1 fully saturated rings. The Morgan fingerprint density at radius 1 is 1.25 bits per heavy atom. The lowest BCUT2D eigenvalue weighted by Gasteiger charge is -2.29. The minimum absolute atomic E-state index is 0.0369. The van der Waals surface area contributed by atoms with Crippen LogP contribution in [0.1, 0.15) is 43.7 Å². The monoisotopic (exact) mass is 296 g/mol. The highest BCUT2D eigenvalue weighted by Crippen LogP contribution is 2.21. The van der Waals surface area contributed by atoms with E-state index in [0.717, 1.165) is 36.5 Å². The van der Waals surface area contributed by atoms with Gasteiger partial charge in [0.2, 0.25) is 0 Å². The van der Waals surface area contributed by atoms with Gasteiger partial charge in [0.1, 0.15) is 0 Å². The summed E-state index contributed by atoms with van der Waals surface area (Å²) in [5.74, 6) is 0. The van der Waals surface area contributed by atoms with E-state index in [1.807, 2.05) is 24.3 Å². The summed E-state index contributed by atoms with van der Waals surface area (Å²) in [6, 6.07) is 8.13. The lowest BCUT2D eigenvalue weighted by atomic mass is 10.0. The van der Waals surface area contributed by atoms with Crippen LogP contribution < -0.4 is 5.73 Å². The summed E-state index contributed by atoms with van der Waals surface area (Å²) in [6.07, 6.45) is 5.75. The van der Waals surface area contributed by atoms with Crippen LogP contribution in [0.2, 0.25) is 5.02 Å². The van der Waals surface area contributed by atoms with E-state index in [0.29, 0.717) is 6.04 Å². The fraction of sp³-hybridized carbons (Fsp3) is 0.625. The van der Waals surface area contributed by atoms with Crippen molar-refractivity contribution in [2.45, 2.75) is 44.2 Å². The summed E-state index contributed by atoms with van der Waals surface area (Å²) in [4.78, 5) is 2.41. The van der Waals surface area contributed by atoms with E-state index in [1.54, 1.807) is 0 Å². The normalized spacial score (nSPS) is 22.4. The SMILES string of the molecule is NC(CCN1CCCCCC1CO)c1ccc(Cl)cc1. The number of nitrogens with two attached hydrogens (primary N) is 1. The molecule has 0 saturated carbocycles. The zero-order chi connectivity index (χ0) is 14.4. The molecule has 0 radical (unpaired) electrons. The molecule has 112 valence electrons. The molecule has 0 aromatic heterocycles. The summed E-state index contributed by atoms with van der Waals surface area (Å²) in [6.45, 7) is 2.30. The molecule has 0 bridgehead atoms. The van der Waals surface area contributed by atoms with E-state index in [4.69, 9.17) is 17.3 Å². The van der Waals surface area contributed by atoms with Gasteiger partial charge in [0.05, 0.1) is 6.61 Å². The maximum absolute atomic E-state index is 9.51. The molecule has 1 aliphatic heterocycles. The molecule has 1 aliphatic rings. The van der Waals surface area contributed by atoms with Crippen LogP contribution >= 0.6 is 11.6 Å². The Labute approximate surface area is 126 Å². The van der Waals surface area contributed by atoms with Crippen LogP contribution in [0.3, 0.4) is 0 Å². The minimum Gasteiger partial charge on any atom is -0.395 e. The van der Waals surface area contributed by atoms with Crippen molar-refractivity contribution < 1.29 is 5.11 Å². The van der Waals surface area contributed by atoms with Crippen LogP contribution in [0.15, 0.2) is 24.3 Å². The molecule has 1 heterocycles. The summed E-state index contributed by atoms with van der Waals surface area (Å²) in [7, 11) is 0. The molecule has 0 amide bonds. The molecule has 2 rings (SSSR count). The van der Waals surface area contributed by atoms with E-state index in [9.17, 15) is 5.11 Å². The summed E-state index contributed by atoms with van der Waals surface area (Å²) >= 11 is 5.89. The third-order valence-electron chi connectivity index (χ3n) is 4.24. The van der Waals surface area contributed by atoms with Gasteiger partial charge >= 0.3 is 0 Å². The number of nitrogens with zero attached hydrogens (tertiary/aromatic N) is 1. The molecule has 0 aliphatic carbocycles.